The van der Waals surface area contributed by atoms with Gasteiger partial charge in [0.05, 0.1) is 0 Å². The van der Waals surface area contributed by atoms with Crippen LogP contribution in [0.2, 0.25) is 0 Å². The minimum absolute atomic E-state index is 0.247. The van der Waals surface area contributed by atoms with Crippen LogP contribution < -0.4 is 0 Å². The van der Waals surface area contributed by atoms with Crippen LogP contribution in [-0.2, 0) is 43.2 Å². The van der Waals surface area contributed by atoms with Crippen LogP contribution in [0.5, 0.6) is 0 Å². The Morgan fingerprint density at radius 1 is 0.870 bits per heavy atom. The highest BCUT2D eigenvalue weighted by Crippen LogP contribution is 1.98. The highest BCUT2D eigenvalue weighted by Gasteiger charge is 2.20. The lowest BCUT2D eigenvalue weighted by molar-refractivity contribution is -0.281. The molecule has 0 aliphatic rings. The highest BCUT2D eigenvalue weighted by atomic mass is 17.2. The second-order valence-electron chi connectivity index (χ2n) is 3.96. The normalized spacial score (nSPS) is 12.3. The maximum atomic E-state index is 11.4. The van der Waals surface area contributed by atoms with Crippen LogP contribution >= 0.6 is 0 Å². The SMILES string of the molecule is C=CC(=O)OC(C)C(=O)OCCOOC(=O)C(C)OC(=O)C=C. The minimum Gasteiger partial charge on any atom is -0.460 e. The van der Waals surface area contributed by atoms with Gasteiger partial charge in [-0.3, -0.25) is 4.89 Å². The van der Waals surface area contributed by atoms with Crippen molar-refractivity contribution in [3.63, 3.8) is 0 Å². The maximum Gasteiger partial charge on any atom is 0.382 e. The van der Waals surface area contributed by atoms with E-state index >= 15 is 0 Å². The summed E-state index contributed by atoms with van der Waals surface area (Å²) in [5.41, 5.74) is 0. The molecule has 0 rings (SSSR count). The molecule has 0 saturated heterocycles. The number of carbonyl (C=O) groups excluding carboxylic acids is 4. The van der Waals surface area contributed by atoms with Crippen molar-refractivity contribution >= 4 is 23.9 Å². The van der Waals surface area contributed by atoms with Gasteiger partial charge in [0.15, 0.2) is 12.2 Å². The second-order valence-corrected chi connectivity index (χ2v) is 3.96. The van der Waals surface area contributed by atoms with Gasteiger partial charge in [0.25, 0.3) is 0 Å². The number of ether oxygens (including phenoxy) is 3. The molecule has 0 aromatic rings. The number of esters is 3. The number of hydrogen-bond acceptors (Lipinski definition) is 9. The van der Waals surface area contributed by atoms with Crippen molar-refractivity contribution in [2.75, 3.05) is 13.2 Å². The van der Waals surface area contributed by atoms with Crippen molar-refractivity contribution in [2.24, 2.45) is 0 Å². The second kappa shape index (κ2) is 11.0. The van der Waals surface area contributed by atoms with Crippen LogP contribution in [0, 0.1) is 0 Å². The molecule has 0 bridgehead atoms. The molecular weight excluding hydrogens is 312 g/mol. The first-order valence-electron chi connectivity index (χ1n) is 6.47. The first-order valence-corrected chi connectivity index (χ1v) is 6.47. The molecule has 0 saturated carbocycles. The van der Waals surface area contributed by atoms with Crippen molar-refractivity contribution in [1.82, 2.24) is 0 Å². The monoisotopic (exact) mass is 330 g/mol. The van der Waals surface area contributed by atoms with Gasteiger partial charge in [-0.05, 0) is 13.8 Å². The van der Waals surface area contributed by atoms with Crippen molar-refractivity contribution in [3.05, 3.63) is 25.3 Å². The Kier molecular flexibility index (Phi) is 9.69. The van der Waals surface area contributed by atoms with Crippen LogP contribution in [0.25, 0.3) is 0 Å². The molecule has 0 spiro atoms. The predicted molar refractivity (Wildman–Crippen MR) is 74.5 cm³/mol. The molecule has 0 aromatic carbocycles. The zero-order valence-corrected chi connectivity index (χ0v) is 12.8. The average Bonchev–Trinajstić information content (AvgIpc) is 2.53. The molecule has 9 nitrogen and oxygen atoms in total. The molecule has 2 atom stereocenters. The average molecular weight is 330 g/mol. The molecule has 0 heterocycles. The largest absolute Gasteiger partial charge is 0.460 e. The van der Waals surface area contributed by atoms with Gasteiger partial charge in [-0.2, -0.15) is 4.89 Å². The topological polar surface area (TPSA) is 114 Å². The molecule has 0 aromatic heterocycles. The number of rotatable bonds is 10. The Bertz CT molecular complexity index is 427. The first-order chi connectivity index (χ1) is 10.8. The Morgan fingerprint density at radius 3 is 1.83 bits per heavy atom. The van der Waals surface area contributed by atoms with Crippen molar-refractivity contribution in [1.29, 1.82) is 0 Å². The fourth-order valence-electron chi connectivity index (χ4n) is 1.00. The molecule has 0 aliphatic heterocycles. The summed E-state index contributed by atoms with van der Waals surface area (Å²) < 4.78 is 13.9. The minimum atomic E-state index is -1.18. The fourth-order valence-corrected chi connectivity index (χ4v) is 1.00. The van der Waals surface area contributed by atoms with E-state index in [2.05, 4.69) is 32.4 Å². The Labute approximate surface area is 132 Å². The van der Waals surface area contributed by atoms with E-state index in [1.807, 2.05) is 0 Å². The van der Waals surface area contributed by atoms with Crippen LogP contribution in [0.4, 0.5) is 0 Å². The van der Waals surface area contributed by atoms with E-state index in [0.717, 1.165) is 12.2 Å². The molecule has 9 heteroatoms. The van der Waals surface area contributed by atoms with Gasteiger partial charge in [-0.1, -0.05) is 13.2 Å². The zero-order valence-electron chi connectivity index (χ0n) is 12.8. The highest BCUT2D eigenvalue weighted by molar-refractivity contribution is 5.85. The Morgan fingerprint density at radius 2 is 1.35 bits per heavy atom. The molecule has 0 amide bonds. The van der Waals surface area contributed by atoms with Gasteiger partial charge in [-0.15, -0.1) is 0 Å². The van der Waals surface area contributed by atoms with Crippen molar-refractivity contribution < 1.29 is 43.2 Å². The van der Waals surface area contributed by atoms with Crippen molar-refractivity contribution in [2.45, 2.75) is 26.1 Å². The maximum absolute atomic E-state index is 11.4. The van der Waals surface area contributed by atoms with E-state index in [1.165, 1.54) is 13.8 Å². The smallest absolute Gasteiger partial charge is 0.382 e. The first kappa shape index (κ1) is 20.3. The molecule has 2 unspecified atom stereocenters. The Hall–Kier alpha value is -2.68. The molecule has 23 heavy (non-hydrogen) atoms. The molecule has 128 valence electrons. The van der Waals surface area contributed by atoms with Crippen LogP contribution in [-0.4, -0.2) is 49.3 Å². The summed E-state index contributed by atoms with van der Waals surface area (Å²) in [5.74, 6) is -3.29. The van der Waals surface area contributed by atoms with Crippen molar-refractivity contribution in [3.8, 4) is 0 Å². The van der Waals surface area contributed by atoms with Gasteiger partial charge >= 0.3 is 23.9 Å². The molecule has 0 N–H and O–H groups in total. The van der Waals surface area contributed by atoms with E-state index in [1.54, 1.807) is 0 Å². The summed E-state index contributed by atoms with van der Waals surface area (Å²) in [5, 5.41) is 0. The van der Waals surface area contributed by atoms with Crippen LogP contribution in [0.3, 0.4) is 0 Å². The van der Waals surface area contributed by atoms with E-state index in [-0.39, 0.29) is 13.2 Å². The summed E-state index contributed by atoms with van der Waals surface area (Å²) in [4.78, 5) is 53.3. The van der Waals surface area contributed by atoms with Gasteiger partial charge in [-0.25, -0.2) is 19.2 Å². The summed E-state index contributed by atoms with van der Waals surface area (Å²) in [6.07, 6.45) is -0.486. The lowest BCUT2D eigenvalue weighted by atomic mass is 10.4. The third kappa shape index (κ3) is 9.04. The lowest BCUT2D eigenvalue weighted by Crippen LogP contribution is -2.28. The summed E-state index contributed by atoms with van der Waals surface area (Å²) in [7, 11) is 0. The zero-order chi connectivity index (χ0) is 17.8. The van der Waals surface area contributed by atoms with E-state index < -0.39 is 36.1 Å². The summed E-state index contributed by atoms with van der Waals surface area (Å²) in [6, 6.07) is 0. The molecular formula is C14H18O9. The van der Waals surface area contributed by atoms with Crippen LogP contribution in [0.15, 0.2) is 25.3 Å². The summed E-state index contributed by atoms with van der Waals surface area (Å²) >= 11 is 0. The number of carbonyl (C=O) groups is 4. The van der Waals surface area contributed by atoms with Gasteiger partial charge < -0.3 is 14.2 Å². The molecule has 0 radical (unpaired) electrons. The van der Waals surface area contributed by atoms with Crippen LogP contribution in [0.1, 0.15) is 13.8 Å². The van der Waals surface area contributed by atoms with E-state index in [4.69, 9.17) is 4.74 Å². The Balaban J connectivity index is 3.87. The third-order valence-corrected chi connectivity index (χ3v) is 2.14. The predicted octanol–water partition coefficient (Wildman–Crippen LogP) is 0.240. The van der Waals surface area contributed by atoms with Gasteiger partial charge in [0, 0.05) is 12.2 Å². The molecule has 0 aliphatic carbocycles. The lowest BCUT2D eigenvalue weighted by Gasteiger charge is -2.12. The summed E-state index contributed by atoms with van der Waals surface area (Å²) in [6.45, 7) is 8.44. The number of hydrogen-bond donors (Lipinski definition) is 0. The third-order valence-electron chi connectivity index (χ3n) is 2.14. The van der Waals surface area contributed by atoms with Gasteiger partial charge in [0.1, 0.15) is 13.2 Å². The standard InChI is InChI=1S/C14H18O9/c1-5-11(15)21-9(3)13(17)19-7-8-20-23-14(18)10(4)22-12(16)6-2/h5-6,9-10H,1-2,7-8H2,3-4H3. The fraction of sp³-hybridized carbons (Fsp3) is 0.429. The van der Waals surface area contributed by atoms with E-state index in [0.29, 0.717) is 0 Å². The molecule has 0 fully saturated rings. The van der Waals surface area contributed by atoms with E-state index in [9.17, 15) is 19.2 Å². The van der Waals surface area contributed by atoms with Gasteiger partial charge in [0.2, 0.25) is 0 Å². The quantitative estimate of drug-likeness (QED) is 0.139.